The van der Waals surface area contributed by atoms with Crippen molar-refractivity contribution in [2.75, 3.05) is 19.8 Å². The van der Waals surface area contributed by atoms with Gasteiger partial charge in [-0.3, -0.25) is 9.59 Å². The van der Waals surface area contributed by atoms with Gasteiger partial charge in [0.1, 0.15) is 6.04 Å². The van der Waals surface area contributed by atoms with Crippen molar-refractivity contribution >= 4 is 21.8 Å². The van der Waals surface area contributed by atoms with E-state index >= 15 is 0 Å². The van der Waals surface area contributed by atoms with Crippen molar-refractivity contribution in [1.29, 1.82) is 0 Å². The summed E-state index contributed by atoms with van der Waals surface area (Å²) in [6.45, 7) is 2.13. The fraction of sp³-hybridized carbons (Fsp3) is 0.286. The maximum Gasteiger partial charge on any atom is 0.243 e. The lowest BCUT2D eigenvalue weighted by atomic mass is 10.0. The molecule has 0 aliphatic carbocycles. The zero-order chi connectivity index (χ0) is 26.1. The largest absolute Gasteiger partial charge is 0.350 e. The summed E-state index contributed by atoms with van der Waals surface area (Å²) in [5, 5.41) is 2.98. The number of hydrogen-bond acceptors (Lipinski definition) is 4. The molecule has 2 amide bonds. The average Bonchev–Trinajstić information content (AvgIpc) is 2.86. The van der Waals surface area contributed by atoms with Crippen LogP contribution in [0.2, 0.25) is 0 Å². The summed E-state index contributed by atoms with van der Waals surface area (Å²) in [6.07, 6.45) is 1.35. The molecule has 0 bridgehead atoms. The number of hydrogen-bond donors (Lipinski definition) is 1. The first kappa shape index (κ1) is 27.1. The Kier molecular flexibility index (Phi) is 9.38. The first-order chi connectivity index (χ1) is 17.1. The summed E-state index contributed by atoms with van der Waals surface area (Å²) >= 11 is 0. The van der Waals surface area contributed by atoms with E-state index in [0.29, 0.717) is 13.0 Å². The van der Waals surface area contributed by atoms with Crippen LogP contribution in [0.5, 0.6) is 0 Å². The van der Waals surface area contributed by atoms with Crippen LogP contribution in [0.25, 0.3) is 0 Å². The lowest BCUT2D eigenvalue weighted by Gasteiger charge is -2.32. The molecular formula is C28H33N3O4S. The van der Waals surface area contributed by atoms with Crippen molar-refractivity contribution < 1.29 is 18.0 Å². The highest BCUT2D eigenvalue weighted by Gasteiger charge is 2.31. The van der Waals surface area contributed by atoms with Gasteiger partial charge in [-0.1, -0.05) is 90.5 Å². The number of aryl methyl sites for hydroxylation is 1. The van der Waals surface area contributed by atoms with Crippen LogP contribution >= 0.6 is 0 Å². The number of benzene rings is 3. The van der Waals surface area contributed by atoms with E-state index < -0.39 is 22.0 Å². The zero-order valence-corrected chi connectivity index (χ0v) is 21.7. The van der Waals surface area contributed by atoms with Crippen LogP contribution in [0.1, 0.15) is 22.3 Å². The van der Waals surface area contributed by atoms with Gasteiger partial charge in [-0.05, 0) is 23.6 Å². The molecule has 0 aromatic heterocycles. The fourth-order valence-electron chi connectivity index (χ4n) is 3.75. The lowest BCUT2D eigenvalue weighted by Crippen LogP contribution is -2.52. The Morgan fingerprint density at radius 2 is 1.39 bits per heavy atom. The first-order valence-electron chi connectivity index (χ1n) is 11.8. The van der Waals surface area contributed by atoms with Gasteiger partial charge in [0.25, 0.3) is 0 Å². The molecule has 0 aliphatic heterocycles. The SMILES string of the molecule is Cc1ccc(CNC(=O)[C@H](Cc2ccccc2)N(Cc2ccccc2)C(=O)CN(C)S(C)(=O)=O)cc1. The molecule has 0 aliphatic rings. The van der Waals surface area contributed by atoms with Crippen LogP contribution in [-0.2, 0) is 39.1 Å². The molecular weight excluding hydrogens is 474 g/mol. The maximum absolute atomic E-state index is 13.6. The van der Waals surface area contributed by atoms with Gasteiger partial charge in [-0.25, -0.2) is 8.42 Å². The number of carbonyl (C=O) groups excluding carboxylic acids is 2. The molecule has 0 heterocycles. The summed E-state index contributed by atoms with van der Waals surface area (Å²) in [4.78, 5) is 28.5. The molecule has 1 N–H and O–H groups in total. The Morgan fingerprint density at radius 3 is 1.94 bits per heavy atom. The number of amides is 2. The number of nitrogens with zero attached hydrogens (tertiary/aromatic N) is 2. The monoisotopic (exact) mass is 507 g/mol. The highest BCUT2D eigenvalue weighted by Crippen LogP contribution is 2.16. The van der Waals surface area contributed by atoms with Crippen molar-refractivity contribution in [1.82, 2.24) is 14.5 Å². The van der Waals surface area contributed by atoms with Crippen LogP contribution in [0, 0.1) is 6.92 Å². The number of rotatable bonds is 11. The Bertz CT molecular complexity index is 1250. The molecule has 0 radical (unpaired) electrons. The minimum Gasteiger partial charge on any atom is -0.350 e. The number of nitrogens with one attached hydrogen (secondary N) is 1. The quantitative estimate of drug-likeness (QED) is 0.432. The molecule has 7 nitrogen and oxygen atoms in total. The Morgan fingerprint density at radius 1 is 0.833 bits per heavy atom. The second-order valence-electron chi connectivity index (χ2n) is 8.94. The Hall–Kier alpha value is -3.49. The van der Waals surface area contributed by atoms with E-state index in [0.717, 1.165) is 32.8 Å². The van der Waals surface area contributed by atoms with E-state index in [1.807, 2.05) is 91.9 Å². The van der Waals surface area contributed by atoms with Crippen LogP contribution in [0.4, 0.5) is 0 Å². The third-order valence-electron chi connectivity index (χ3n) is 5.98. The van der Waals surface area contributed by atoms with Gasteiger partial charge in [0.15, 0.2) is 0 Å². The van der Waals surface area contributed by atoms with Crippen LogP contribution in [0.3, 0.4) is 0 Å². The molecule has 8 heteroatoms. The summed E-state index contributed by atoms with van der Waals surface area (Å²) in [5.74, 6) is -0.746. The van der Waals surface area contributed by atoms with Gasteiger partial charge in [0.05, 0.1) is 12.8 Å². The number of sulfonamides is 1. The van der Waals surface area contributed by atoms with Crippen LogP contribution in [-0.4, -0.2) is 55.3 Å². The predicted octanol–water partition coefficient (Wildman–Crippen LogP) is 3.14. The van der Waals surface area contributed by atoms with Crippen LogP contribution < -0.4 is 5.32 Å². The summed E-state index contributed by atoms with van der Waals surface area (Å²) in [5.41, 5.74) is 3.82. The van der Waals surface area contributed by atoms with Gasteiger partial charge in [-0.2, -0.15) is 4.31 Å². The van der Waals surface area contributed by atoms with E-state index in [9.17, 15) is 18.0 Å². The fourth-order valence-corrected chi connectivity index (χ4v) is 4.09. The van der Waals surface area contributed by atoms with Crippen molar-refractivity contribution in [2.45, 2.75) is 32.5 Å². The third-order valence-corrected chi connectivity index (χ3v) is 7.24. The molecule has 0 fully saturated rings. The standard InChI is InChI=1S/C28H33N3O4S/c1-22-14-16-24(17-15-22)19-29-28(33)26(18-23-10-6-4-7-11-23)31(20-25-12-8-5-9-13-25)27(32)21-30(2)36(3,34)35/h4-17,26H,18-21H2,1-3H3,(H,29,33)/t26-/m0/s1. The molecule has 190 valence electrons. The minimum atomic E-state index is -3.57. The smallest absolute Gasteiger partial charge is 0.243 e. The van der Waals surface area contributed by atoms with Crippen molar-refractivity contribution in [2.24, 2.45) is 0 Å². The second kappa shape index (κ2) is 12.5. The summed E-state index contributed by atoms with van der Waals surface area (Å²) in [6, 6.07) is 25.9. The van der Waals surface area contributed by atoms with Gasteiger partial charge < -0.3 is 10.2 Å². The van der Waals surface area contributed by atoms with Gasteiger partial charge >= 0.3 is 0 Å². The van der Waals surface area contributed by atoms with Gasteiger partial charge in [0.2, 0.25) is 21.8 Å². The number of carbonyl (C=O) groups is 2. The topological polar surface area (TPSA) is 86.8 Å². The molecule has 3 aromatic carbocycles. The lowest BCUT2D eigenvalue weighted by molar-refractivity contribution is -0.141. The van der Waals surface area contributed by atoms with Crippen LogP contribution in [0.15, 0.2) is 84.9 Å². The van der Waals surface area contributed by atoms with Crippen molar-refractivity contribution in [3.8, 4) is 0 Å². The molecule has 3 aromatic rings. The van der Waals surface area contributed by atoms with Crippen molar-refractivity contribution in [3.05, 3.63) is 107 Å². The predicted molar refractivity (Wildman–Crippen MR) is 141 cm³/mol. The molecule has 0 saturated carbocycles. The van der Waals surface area contributed by atoms with E-state index in [4.69, 9.17) is 0 Å². The second-order valence-corrected chi connectivity index (χ2v) is 11.0. The maximum atomic E-state index is 13.6. The van der Waals surface area contributed by atoms with Gasteiger partial charge in [0, 0.05) is 26.6 Å². The zero-order valence-electron chi connectivity index (χ0n) is 20.9. The van der Waals surface area contributed by atoms with E-state index in [1.165, 1.54) is 11.9 Å². The molecule has 0 unspecified atom stereocenters. The Balaban J connectivity index is 1.92. The van der Waals surface area contributed by atoms with E-state index in [2.05, 4.69) is 5.32 Å². The highest BCUT2D eigenvalue weighted by molar-refractivity contribution is 7.88. The first-order valence-corrected chi connectivity index (χ1v) is 13.6. The molecule has 3 rings (SSSR count). The average molecular weight is 508 g/mol. The van der Waals surface area contributed by atoms with E-state index in [1.54, 1.807) is 0 Å². The highest BCUT2D eigenvalue weighted by atomic mass is 32.2. The summed E-state index contributed by atoms with van der Waals surface area (Å²) in [7, 11) is -2.21. The third kappa shape index (κ3) is 8.03. The molecule has 36 heavy (non-hydrogen) atoms. The molecule has 1 atom stereocenters. The normalized spacial score (nSPS) is 12.2. The van der Waals surface area contributed by atoms with Gasteiger partial charge in [-0.15, -0.1) is 0 Å². The van der Waals surface area contributed by atoms with E-state index in [-0.39, 0.29) is 19.0 Å². The minimum absolute atomic E-state index is 0.173. The molecule has 0 spiro atoms. The number of likely N-dealkylation sites (N-methyl/N-ethyl adjacent to an activating group) is 1. The molecule has 0 saturated heterocycles. The summed E-state index contributed by atoms with van der Waals surface area (Å²) < 4.78 is 25.0. The Labute approximate surface area is 213 Å². The van der Waals surface area contributed by atoms with Crippen molar-refractivity contribution in [3.63, 3.8) is 0 Å².